The van der Waals surface area contributed by atoms with Gasteiger partial charge in [0.05, 0.1) is 24.1 Å². The highest BCUT2D eigenvalue weighted by Gasteiger charge is 2.36. The summed E-state index contributed by atoms with van der Waals surface area (Å²) in [5, 5.41) is 0. The maximum atomic E-state index is 12.1. The summed E-state index contributed by atoms with van der Waals surface area (Å²) in [7, 11) is 0. The van der Waals surface area contributed by atoms with Crippen molar-refractivity contribution in [2.75, 3.05) is 26.3 Å². The Morgan fingerprint density at radius 1 is 1.22 bits per heavy atom. The summed E-state index contributed by atoms with van der Waals surface area (Å²) in [5.41, 5.74) is -0.485. The summed E-state index contributed by atoms with van der Waals surface area (Å²) in [6.45, 7) is 7.65. The number of amides is 1. The maximum Gasteiger partial charge on any atom is 0.410 e. The molecule has 0 bridgehead atoms. The highest BCUT2D eigenvalue weighted by atomic mass is 79.9. The third-order valence-electron chi connectivity index (χ3n) is 3.28. The van der Waals surface area contributed by atoms with Crippen LogP contribution in [0.5, 0.6) is 5.75 Å². The fourth-order valence-electron chi connectivity index (χ4n) is 2.24. The van der Waals surface area contributed by atoms with E-state index in [1.165, 1.54) is 0 Å². The van der Waals surface area contributed by atoms with Crippen LogP contribution in [-0.4, -0.2) is 53.8 Å². The number of benzene rings is 1. The Labute approximate surface area is 146 Å². The van der Waals surface area contributed by atoms with Crippen molar-refractivity contribution in [1.82, 2.24) is 4.90 Å². The van der Waals surface area contributed by atoms with Crippen molar-refractivity contribution in [3.8, 4) is 5.75 Å². The summed E-state index contributed by atoms with van der Waals surface area (Å²) in [6.07, 6.45) is -0.351. The van der Waals surface area contributed by atoms with Gasteiger partial charge in [-0.05, 0) is 32.9 Å². The fourth-order valence-corrected chi connectivity index (χ4v) is 2.91. The number of carbonyl (C=O) groups is 1. The van der Waals surface area contributed by atoms with Crippen LogP contribution in [0.1, 0.15) is 20.8 Å². The number of hydrogen-bond acceptors (Lipinski definition) is 4. The SMILES string of the molecule is CC(C)(C)OC(=O)N1CC(Br)C(OCCOc2ccccc2)C1. The molecule has 1 aliphatic rings. The van der Waals surface area contributed by atoms with Gasteiger partial charge in [0.25, 0.3) is 0 Å². The van der Waals surface area contributed by atoms with Crippen molar-refractivity contribution < 1.29 is 19.0 Å². The van der Waals surface area contributed by atoms with E-state index < -0.39 is 5.60 Å². The van der Waals surface area contributed by atoms with E-state index >= 15 is 0 Å². The zero-order valence-corrected chi connectivity index (χ0v) is 15.4. The van der Waals surface area contributed by atoms with Gasteiger partial charge in [-0.15, -0.1) is 0 Å². The topological polar surface area (TPSA) is 48.0 Å². The first-order valence-corrected chi connectivity index (χ1v) is 8.68. The molecule has 0 radical (unpaired) electrons. The molecule has 2 rings (SSSR count). The summed E-state index contributed by atoms with van der Waals surface area (Å²) in [6, 6.07) is 9.63. The normalized spacial score (nSPS) is 21.3. The number of likely N-dealkylation sites (tertiary alicyclic amines) is 1. The number of nitrogens with zero attached hydrogens (tertiary/aromatic N) is 1. The van der Waals surface area contributed by atoms with Crippen LogP contribution in [0.2, 0.25) is 0 Å². The van der Waals surface area contributed by atoms with Crippen LogP contribution in [0.25, 0.3) is 0 Å². The number of hydrogen-bond donors (Lipinski definition) is 0. The lowest BCUT2D eigenvalue weighted by molar-refractivity contribution is 0.0177. The van der Waals surface area contributed by atoms with Gasteiger partial charge >= 0.3 is 6.09 Å². The van der Waals surface area contributed by atoms with Crippen molar-refractivity contribution in [1.29, 1.82) is 0 Å². The Kier molecular flexibility index (Phi) is 6.30. The van der Waals surface area contributed by atoms with E-state index in [4.69, 9.17) is 14.2 Å². The summed E-state index contributed by atoms with van der Waals surface area (Å²) in [5.74, 6) is 0.827. The number of rotatable bonds is 5. The van der Waals surface area contributed by atoms with E-state index in [9.17, 15) is 4.79 Å². The molecule has 0 saturated carbocycles. The molecule has 2 atom stereocenters. The van der Waals surface area contributed by atoms with E-state index in [0.717, 1.165) is 5.75 Å². The standard InChI is InChI=1S/C17H24BrNO4/c1-17(2,3)23-16(20)19-11-14(18)15(12-19)22-10-9-21-13-7-5-4-6-8-13/h4-8,14-15H,9-12H2,1-3H3. The molecule has 1 aromatic carbocycles. The van der Waals surface area contributed by atoms with Crippen LogP contribution in [0.3, 0.4) is 0 Å². The van der Waals surface area contributed by atoms with Crippen molar-refractivity contribution in [2.45, 2.75) is 37.3 Å². The van der Waals surface area contributed by atoms with Gasteiger partial charge in [-0.3, -0.25) is 0 Å². The molecule has 1 saturated heterocycles. The third-order valence-corrected chi connectivity index (χ3v) is 4.16. The Morgan fingerprint density at radius 3 is 2.57 bits per heavy atom. The number of ether oxygens (including phenoxy) is 3. The first-order valence-electron chi connectivity index (χ1n) is 7.76. The lowest BCUT2D eigenvalue weighted by Crippen LogP contribution is -2.36. The molecule has 23 heavy (non-hydrogen) atoms. The molecule has 0 spiro atoms. The highest BCUT2D eigenvalue weighted by Crippen LogP contribution is 2.22. The molecule has 1 heterocycles. The van der Waals surface area contributed by atoms with Gasteiger partial charge < -0.3 is 19.1 Å². The quantitative estimate of drug-likeness (QED) is 0.575. The molecule has 1 aliphatic heterocycles. The van der Waals surface area contributed by atoms with Gasteiger partial charge in [0, 0.05) is 6.54 Å². The molecule has 1 amide bonds. The second kappa shape index (κ2) is 8.02. The zero-order valence-electron chi connectivity index (χ0n) is 13.8. The highest BCUT2D eigenvalue weighted by molar-refractivity contribution is 9.09. The first kappa shape index (κ1) is 18.1. The maximum absolute atomic E-state index is 12.1. The van der Waals surface area contributed by atoms with Crippen molar-refractivity contribution >= 4 is 22.0 Å². The minimum Gasteiger partial charge on any atom is -0.491 e. The molecular weight excluding hydrogens is 362 g/mol. The molecule has 1 fully saturated rings. The van der Waals surface area contributed by atoms with Crippen LogP contribution in [0.4, 0.5) is 4.79 Å². The molecule has 0 N–H and O–H groups in total. The Bertz CT molecular complexity index is 503. The summed E-state index contributed by atoms with van der Waals surface area (Å²) < 4.78 is 16.8. The lowest BCUT2D eigenvalue weighted by atomic mass is 10.2. The van der Waals surface area contributed by atoms with E-state index in [2.05, 4.69) is 15.9 Å². The number of halogens is 1. The minimum atomic E-state index is -0.485. The van der Waals surface area contributed by atoms with Gasteiger partial charge in [-0.2, -0.15) is 0 Å². The lowest BCUT2D eigenvalue weighted by Gasteiger charge is -2.24. The number of para-hydroxylation sites is 1. The Balaban J connectivity index is 1.71. The monoisotopic (exact) mass is 385 g/mol. The smallest absolute Gasteiger partial charge is 0.410 e. The largest absolute Gasteiger partial charge is 0.491 e. The minimum absolute atomic E-state index is 0.0538. The fraction of sp³-hybridized carbons (Fsp3) is 0.588. The van der Waals surface area contributed by atoms with Gasteiger partial charge in [-0.25, -0.2) is 4.79 Å². The van der Waals surface area contributed by atoms with Gasteiger partial charge in [0.2, 0.25) is 0 Å². The van der Waals surface area contributed by atoms with Gasteiger partial charge in [0.1, 0.15) is 18.0 Å². The average molecular weight is 386 g/mol. The molecular formula is C17H24BrNO4. The van der Waals surface area contributed by atoms with Gasteiger partial charge in [-0.1, -0.05) is 34.1 Å². The van der Waals surface area contributed by atoms with Crippen molar-refractivity contribution in [3.05, 3.63) is 30.3 Å². The molecule has 5 nitrogen and oxygen atoms in total. The predicted molar refractivity (Wildman–Crippen MR) is 92.2 cm³/mol. The third kappa shape index (κ3) is 6.03. The number of alkyl halides is 1. The Morgan fingerprint density at radius 2 is 1.91 bits per heavy atom. The average Bonchev–Trinajstić information content (AvgIpc) is 2.84. The van der Waals surface area contributed by atoms with Crippen molar-refractivity contribution in [3.63, 3.8) is 0 Å². The van der Waals surface area contributed by atoms with E-state index in [1.807, 2.05) is 51.1 Å². The van der Waals surface area contributed by atoms with E-state index in [1.54, 1.807) is 4.90 Å². The zero-order chi connectivity index (χ0) is 16.9. The second-order valence-corrected chi connectivity index (χ2v) is 7.65. The summed E-state index contributed by atoms with van der Waals surface area (Å²) in [4.78, 5) is 13.8. The number of carbonyl (C=O) groups excluding carboxylic acids is 1. The van der Waals surface area contributed by atoms with Crippen LogP contribution in [0, 0.1) is 0 Å². The predicted octanol–water partition coefficient (Wildman–Crippen LogP) is 3.46. The van der Waals surface area contributed by atoms with E-state index in [-0.39, 0.29) is 17.0 Å². The Hall–Kier alpha value is -1.27. The van der Waals surface area contributed by atoms with Gasteiger partial charge in [0.15, 0.2) is 0 Å². The van der Waals surface area contributed by atoms with Crippen LogP contribution in [-0.2, 0) is 9.47 Å². The molecule has 0 aliphatic carbocycles. The second-order valence-electron chi connectivity index (χ2n) is 6.47. The summed E-state index contributed by atoms with van der Waals surface area (Å²) >= 11 is 3.57. The molecule has 0 aromatic heterocycles. The molecule has 6 heteroatoms. The van der Waals surface area contributed by atoms with Crippen LogP contribution in [0.15, 0.2) is 30.3 Å². The first-order chi connectivity index (χ1) is 10.8. The molecule has 2 unspecified atom stereocenters. The molecule has 128 valence electrons. The van der Waals surface area contributed by atoms with Crippen LogP contribution < -0.4 is 4.74 Å². The molecule has 1 aromatic rings. The van der Waals surface area contributed by atoms with E-state index in [0.29, 0.717) is 26.3 Å². The van der Waals surface area contributed by atoms with Crippen LogP contribution >= 0.6 is 15.9 Å². The van der Waals surface area contributed by atoms with Crippen molar-refractivity contribution in [2.24, 2.45) is 0 Å².